The lowest BCUT2D eigenvalue weighted by Crippen LogP contribution is -2.41. The number of pyridine rings is 1. The van der Waals surface area contributed by atoms with Crippen molar-refractivity contribution < 1.29 is 14.7 Å². The number of nitrogens with zero attached hydrogens (tertiary/aromatic N) is 1. The molecule has 0 bridgehead atoms. The lowest BCUT2D eigenvalue weighted by Gasteiger charge is -2.14. The number of benzene rings is 1. The Morgan fingerprint density at radius 1 is 1.33 bits per heavy atom. The van der Waals surface area contributed by atoms with Crippen LogP contribution in [0.15, 0.2) is 36.5 Å². The van der Waals surface area contributed by atoms with Crippen molar-refractivity contribution >= 4 is 22.8 Å². The second kappa shape index (κ2) is 5.52. The zero-order valence-corrected chi connectivity index (χ0v) is 11.5. The van der Waals surface area contributed by atoms with Gasteiger partial charge in [-0.1, -0.05) is 18.9 Å². The Hall–Kier alpha value is -2.43. The van der Waals surface area contributed by atoms with Crippen LogP contribution in [0.4, 0.5) is 0 Å². The number of amides is 1. The molecule has 1 saturated carbocycles. The molecular weight excluding hydrogens is 268 g/mol. The third-order valence-corrected chi connectivity index (χ3v) is 3.73. The molecule has 0 aliphatic heterocycles. The average molecular weight is 284 g/mol. The first-order valence-electron chi connectivity index (χ1n) is 7.02. The second-order valence-corrected chi connectivity index (χ2v) is 5.45. The van der Waals surface area contributed by atoms with Crippen LogP contribution in [0.1, 0.15) is 29.6 Å². The standard InChI is InChI=1S/C16H16N2O3/c19-15(18-14(16(20)21)8-10-3-4-10)12-5-6-13-11(9-12)2-1-7-17-13/h1-2,5-7,9-10,14H,3-4,8H2,(H,18,19)(H,20,21). The minimum absolute atomic E-state index is 0.353. The molecule has 0 saturated heterocycles. The minimum atomic E-state index is -0.974. The summed E-state index contributed by atoms with van der Waals surface area (Å²) in [5, 5.41) is 12.7. The summed E-state index contributed by atoms with van der Waals surface area (Å²) in [4.78, 5) is 27.6. The highest BCUT2D eigenvalue weighted by Gasteiger charge is 2.30. The number of carbonyl (C=O) groups is 2. The molecule has 2 N–H and O–H groups in total. The normalized spacial score (nSPS) is 15.6. The van der Waals surface area contributed by atoms with Crippen LogP contribution >= 0.6 is 0 Å². The van der Waals surface area contributed by atoms with E-state index < -0.39 is 12.0 Å². The predicted octanol–water partition coefficient (Wildman–Crippen LogP) is 2.22. The summed E-state index contributed by atoms with van der Waals surface area (Å²) in [5.41, 5.74) is 1.26. The van der Waals surface area contributed by atoms with Crippen molar-refractivity contribution in [2.24, 2.45) is 5.92 Å². The van der Waals surface area contributed by atoms with Crippen molar-refractivity contribution in [3.05, 3.63) is 42.1 Å². The fourth-order valence-corrected chi connectivity index (χ4v) is 2.37. The first-order chi connectivity index (χ1) is 10.1. The zero-order chi connectivity index (χ0) is 14.8. The lowest BCUT2D eigenvalue weighted by molar-refractivity contribution is -0.139. The third-order valence-electron chi connectivity index (χ3n) is 3.73. The Labute approximate surface area is 122 Å². The van der Waals surface area contributed by atoms with Gasteiger partial charge in [0.2, 0.25) is 0 Å². The van der Waals surface area contributed by atoms with Crippen LogP contribution in [0.2, 0.25) is 0 Å². The monoisotopic (exact) mass is 284 g/mol. The molecule has 5 nitrogen and oxygen atoms in total. The van der Waals surface area contributed by atoms with Gasteiger partial charge in [0.15, 0.2) is 0 Å². The van der Waals surface area contributed by atoms with Crippen LogP contribution < -0.4 is 5.32 Å². The number of aromatic nitrogens is 1. The van der Waals surface area contributed by atoms with Gasteiger partial charge < -0.3 is 10.4 Å². The third kappa shape index (κ3) is 3.18. The molecule has 1 fully saturated rings. The summed E-state index contributed by atoms with van der Waals surface area (Å²) in [7, 11) is 0. The maximum absolute atomic E-state index is 12.2. The Morgan fingerprint density at radius 3 is 2.86 bits per heavy atom. The molecule has 1 amide bonds. The Bertz CT molecular complexity index is 695. The van der Waals surface area contributed by atoms with Crippen molar-refractivity contribution in [3.63, 3.8) is 0 Å². The van der Waals surface area contributed by atoms with Crippen molar-refractivity contribution in [2.45, 2.75) is 25.3 Å². The zero-order valence-electron chi connectivity index (χ0n) is 11.5. The SMILES string of the molecule is O=C(NC(CC1CC1)C(=O)O)c1ccc2ncccc2c1. The smallest absolute Gasteiger partial charge is 0.326 e. The van der Waals surface area contributed by atoms with Gasteiger partial charge in [-0.3, -0.25) is 9.78 Å². The molecule has 5 heteroatoms. The van der Waals surface area contributed by atoms with Gasteiger partial charge in [0.25, 0.3) is 5.91 Å². The minimum Gasteiger partial charge on any atom is -0.480 e. The number of carboxylic acid groups (broad SMARTS) is 1. The largest absolute Gasteiger partial charge is 0.480 e. The molecule has 0 radical (unpaired) electrons. The summed E-state index contributed by atoms with van der Waals surface area (Å²) < 4.78 is 0. The van der Waals surface area contributed by atoms with Crippen molar-refractivity contribution in [3.8, 4) is 0 Å². The number of carbonyl (C=O) groups excluding carboxylic acids is 1. The van der Waals surface area contributed by atoms with Gasteiger partial charge >= 0.3 is 5.97 Å². The summed E-state index contributed by atoms with van der Waals surface area (Å²) >= 11 is 0. The molecule has 21 heavy (non-hydrogen) atoms. The molecule has 1 aliphatic rings. The van der Waals surface area contributed by atoms with E-state index in [0.717, 1.165) is 23.7 Å². The van der Waals surface area contributed by atoms with Gasteiger partial charge in [-0.05, 0) is 36.6 Å². The van der Waals surface area contributed by atoms with Gasteiger partial charge in [0.05, 0.1) is 5.52 Å². The number of nitrogens with one attached hydrogen (secondary N) is 1. The molecule has 1 heterocycles. The van der Waals surface area contributed by atoms with E-state index in [2.05, 4.69) is 10.3 Å². The van der Waals surface area contributed by atoms with E-state index in [1.807, 2.05) is 6.07 Å². The molecule has 1 atom stereocenters. The fraction of sp³-hybridized carbons (Fsp3) is 0.312. The van der Waals surface area contributed by atoms with Gasteiger partial charge in [-0.25, -0.2) is 4.79 Å². The van der Waals surface area contributed by atoms with Crippen molar-refractivity contribution in [1.29, 1.82) is 0 Å². The van der Waals surface area contributed by atoms with Crippen LogP contribution in [0, 0.1) is 5.92 Å². The predicted molar refractivity (Wildman–Crippen MR) is 78.0 cm³/mol. The van der Waals surface area contributed by atoms with E-state index in [1.165, 1.54) is 0 Å². The Kier molecular flexibility index (Phi) is 3.56. The Balaban J connectivity index is 1.77. The van der Waals surface area contributed by atoms with Gasteiger partial charge in [0, 0.05) is 17.1 Å². The second-order valence-electron chi connectivity index (χ2n) is 5.45. The molecule has 3 rings (SSSR count). The van der Waals surface area contributed by atoms with Gasteiger partial charge in [0.1, 0.15) is 6.04 Å². The molecule has 2 aromatic rings. The van der Waals surface area contributed by atoms with Crippen LogP contribution in [-0.2, 0) is 4.79 Å². The molecular formula is C16H16N2O3. The summed E-state index contributed by atoms with van der Waals surface area (Å²) in [6, 6.07) is 8.03. The molecule has 108 valence electrons. The van der Waals surface area contributed by atoms with Crippen LogP contribution in [0.5, 0.6) is 0 Å². The number of fused-ring (bicyclic) bond motifs is 1. The molecule has 1 aromatic carbocycles. The van der Waals surface area contributed by atoms with E-state index in [1.54, 1.807) is 30.5 Å². The molecule has 1 aliphatic carbocycles. The quantitative estimate of drug-likeness (QED) is 0.882. The lowest BCUT2D eigenvalue weighted by atomic mass is 10.1. The summed E-state index contributed by atoms with van der Waals surface area (Å²) in [6.07, 6.45) is 4.32. The van der Waals surface area contributed by atoms with Gasteiger partial charge in [-0.15, -0.1) is 0 Å². The van der Waals surface area contributed by atoms with Crippen LogP contribution in [0.3, 0.4) is 0 Å². The highest BCUT2D eigenvalue weighted by atomic mass is 16.4. The highest BCUT2D eigenvalue weighted by Crippen LogP contribution is 2.33. The molecule has 0 spiro atoms. The molecule has 1 unspecified atom stereocenters. The average Bonchev–Trinajstić information content (AvgIpc) is 3.30. The van der Waals surface area contributed by atoms with Crippen molar-refractivity contribution in [2.75, 3.05) is 0 Å². The molecule has 1 aromatic heterocycles. The number of aliphatic carboxylic acids is 1. The van der Waals surface area contributed by atoms with E-state index in [4.69, 9.17) is 0 Å². The number of carboxylic acids is 1. The van der Waals surface area contributed by atoms with Crippen molar-refractivity contribution in [1.82, 2.24) is 10.3 Å². The van der Waals surface area contributed by atoms with E-state index in [0.29, 0.717) is 17.9 Å². The summed E-state index contributed by atoms with van der Waals surface area (Å²) in [5.74, 6) is -0.890. The number of hydrogen-bond acceptors (Lipinski definition) is 3. The Morgan fingerprint density at radius 2 is 2.14 bits per heavy atom. The fourth-order valence-electron chi connectivity index (χ4n) is 2.37. The maximum Gasteiger partial charge on any atom is 0.326 e. The van der Waals surface area contributed by atoms with Crippen LogP contribution in [-0.4, -0.2) is 28.0 Å². The van der Waals surface area contributed by atoms with Gasteiger partial charge in [-0.2, -0.15) is 0 Å². The first kappa shape index (κ1) is 13.5. The van der Waals surface area contributed by atoms with E-state index in [-0.39, 0.29) is 5.91 Å². The summed E-state index contributed by atoms with van der Waals surface area (Å²) in [6.45, 7) is 0. The van der Waals surface area contributed by atoms with E-state index >= 15 is 0 Å². The van der Waals surface area contributed by atoms with E-state index in [9.17, 15) is 14.7 Å². The topological polar surface area (TPSA) is 79.3 Å². The maximum atomic E-state index is 12.2. The highest BCUT2D eigenvalue weighted by molar-refractivity contribution is 5.99. The number of hydrogen-bond donors (Lipinski definition) is 2. The number of rotatable bonds is 5. The van der Waals surface area contributed by atoms with Crippen LogP contribution in [0.25, 0.3) is 10.9 Å². The first-order valence-corrected chi connectivity index (χ1v) is 7.02.